The molecular weight excluding hydrogens is 871 g/mol. The molecule has 0 aromatic heterocycles. The van der Waals surface area contributed by atoms with Gasteiger partial charge in [0, 0.05) is 37.7 Å². The molecule has 3 aliphatic rings. The highest BCUT2D eigenvalue weighted by atomic mass is 16.7. The molecule has 1 heterocycles. The number of amides is 2. The van der Waals surface area contributed by atoms with Crippen molar-refractivity contribution in [3.05, 3.63) is 96.1 Å². The van der Waals surface area contributed by atoms with Gasteiger partial charge in [-0.05, 0) is 105 Å². The fourth-order valence-corrected chi connectivity index (χ4v) is 10.9. The highest BCUT2D eigenvalue weighted by Crippen LogP contribution is 2.62. The average Bonchev–Trinajstić information content (AvgIpc) is 3.34. The quantitative estimate of drug-likeness (QED) is 0.0386. The van der Waals surface area contributed by atoms with E-state index in [-0.39, 0.29) is 50.5 Å². The normalized spacial score (nSPS) is 22.2. The number of nitrogens with one attached hydrogen (secondary N) is 1. The Morgan fingerprint density at radius 1 is 0.899 bits per heavy atom. The highest BCUT2D eigenvalue weighted by Gasteiger charge is 2.65. The molecular formula is C57H81N3O9. The molecule has 0 bridgehead atoms. The van der Waals surface area contributed by atoms with Crippen LogP contribution in [0, 0.1) is 17.8 Å². The first-order valence-electron chi connectivity index (χ1n) is 26.0. The minimum Gasteiger partial charge on any atom is -0.459 e. The Morgan fingerprint density at radius 3 is 2.29 bits per heavy atom. The number of carbonyl (C=O) groups is 2. The van der Waals surface area contributed by atoms with Crippen LogP contribution in [0.15, 0.2) is 90.1 Å². The van der Waals surface area contributed by atoms with Gasteiger partial charge in [-0.15, -0.1) is 6.58 Å². The number of methoxy groups -OCH3 is 1. The minimum absolute atomic E-state index is 0.00746. The summed E-state index contributed by atoms with van der Waals surface area (Å²) in [6, 6.07) is 19.0. The second-order valence-corrected chi connectivity index (χ2v) is 20.2. The van der Waals surface area contributed by atoms with E-state index in [2.05, 4.69) is 43.1 Å². The van der Waals surface area contributed by atoms with Gasteiger partial charge in [0.2, 0.25) is 5.79 Å². The highest BCUT2D eigenvalue weighted by molar-refractivity contribution is 6.03. The summed E-state index contributed by atoms with van der Waals surface area (Å²) in [6.45, 7) is 13.2. The van der Waals surface area contributed by atoms with Gasteiger partial charge < -0.3 is 39.3 Å². The van der Waals surface area contributed by atoms with Gasteiger partial charge in [-0.3, -0.25) is 4.90 Å². The predicted octanol–water partition coefficient (Wildman–Crippen LogP) is 12.5. The third-order valence-corrected chi connectivity index (χ3v) is 14.1. The van der Waals surface area contributed by atoms with E-state index in [0.717, 1.165) is 72.4 Å². The molecule has 3 aromatic carbocycles. The molecule has 2 aliphatic carbocycles. The summed E-state index contributed by atoms with van der Waals surface area (Å²) in [4.78, 5) is 35.9. The summed E-state index contributed by atoms with van der Waals surface area (Å²) in [6.07, 6.45) is 19.7. The van der Waals surface area contributed by atoms with Crippen molar-refractivity contribution in [2.45, 2.75) is 167 Å². The summed E-state index contributed by atoms with van der Waals surface area (Å²) in [5.74, 6) is -1.35. The molecule has 6 atom stereocenters. The smallest absolute Gasteiger partial charge is 0.412 e. The van der Waals surface area contributed by atoms with Crippen molar-refractivity contribution in [1.29, 1.82) is 0 Å². The molecule has 2 amide bonds. The number of aliphatic hydroxyl groups is 2. The van der Waals surface area contributed by atoms with Crippen molar-refractivity contribution >= 4 is 28.7 Å². The van der Waals surface area contributed by atoms with Crippen molar-refractivity contribution in [3.8, 4) is 11.5 Å². The average molecular weight is 952 g/mol. The molecule has 378 valence electrons. The standard InChI is InChI=1S/C57H81N3O9/c1-7-9-10-11-12-13-14-15-16-21-33-58-54(63)67-44-31-32-50-48(38-44)52-46(30-20-23-35-62)42(26-19-22-34-61)37-47-49(59-69-56(3,4)5)39-51(57(68-50,53(47)52)66-36-8-2)60(55(64)65-6)40-43-28-24-27-41-25-17-18-29-45(41)43/h8,17-18,24-25,27-29,31-32,37-38,42,46,51-53,61-62H,2,7,9-16,19-23,26,30,33-36,39-40H2,1,3-6H3,(H,58,63). The predicted molar refractivity (Wildman–Crippen MR) is 274 cm³/mol. The number of rotatable bonds is 27. The van der Waals surface area contributed by atoms with E-state index < -0.39 is 35.5 Å². The molecule has 6 unspecified atom stereocenters. The van der Waals surface area contributed by atoms with Crippen molar-refractivity contribution in [1.82, 2.24) is 10.2 Å². The summed E-state index contributed by atoms with van der Waals surface area (Å²) in [7, 11) is 1.39. The van der Waals surface area contributed by atoms with E-state index in [1.807, 2.05) is 57.2 Å². The molecule has 1 fully saturated rings. The number of carbonyl (C=O) groups excluding carboxylic acids is 2. The van der Waals surface area contributed by atoms with Gasteiger partial charge in [-0.2, -0.15) is 0 Å². The Morgan fingerprint density at radius 2 is 1.59 bits per heavy atom. The molecule has 12 nitrogen and oxygen atoms in total. The number of fused-ring (bicyclic) bond motifs is 3. The maximum absolute atomic E-state index is 14.5. The Kier molecular flexibility index (Phi) is 20.4. The van der Waals surface area contributed by atoms with Gasteiger partial charge in [0.05, 0.1) is 31.9 Å². The monoisotopic (exact) mass is 952 g/mol. The Hall–Kier alpha value is -4.91. The number of ether oxygens (including phenoxy) is 4. The number of benzene rings is 3. The van der Waals surface area contributed by atoms with Gasteiger partial charge in [-0.25, -0.2) is 9.59 Å². The number of oxime groups is 1. The van der Waals surface area contributed by atoms with Crippen LogP contribution in [0.3, 0.4) is 0 Å². The molecule has 3 N–H and O–H groups in total. The maximum Gasteiger partial charge on any atom is 0.412 e. The summed E-state index contributed by atoms with van der Waals surface area (Å²) in [5.41, 5.74) is 2.76. The SMILES string of the molecule is C=CCOC12Oc3ccc(OC(=O)NCCCCCCCCCCCC)cc3C3C(CCCCO)C(CCCCO)C=C(C(=NOC(C)(C)C)CC1N(Cc1cccc4ccccc14)C(=O)OC)C32. The van der Waals surface area contributed by atoms with E-state index in [1.165, 1.54) is 52.1 Å². The Balaban J connectivity index is 1.43. The van der Waals surface area contributed by atoms with Crippen LogP contribution in [-0.4, -0.2) is 83.9 Å². The fourth-order valence-electron chi connectivity index (χ4n) is 10.9. The number of allylic oxidation sites excluding steroid dienone is 1. The zero-order valence-electron chi connectivity index (χ0n) is 42.2. The third-order valence-electron chi connectivity index (χ3n) is 14.1. The summed E-state index contributed by atoms with van der Waals surface area (Å²) in [5, 5.41) is 30.0. The maximum atomic E-state index is 14.5. The number of nitrogens with zero attached hydrogens (tertiary/aromatic N) is 2. The van der Waals surface area contributed by atoms with Crippen LogP contribution in [0.25, 0.3) is 10.8 Å². The van der Waals surface area contributed by atoms with Crippen LogP contribution in [-0.2, 0) is 20.9 Å². The van der Waals surface area contributed by atoms with Crippen LogP contribution >= 0.6 is 0 Å². The molecule has 6 rings (SSSR count). The topological polar surface area (TPSA) is 148 Å². The Bertz CT molecular complexity index is 2180. The second-order valence-electron chi connectivity index (χ2n) is 20.2. The zero-order valence-corrected chi connectivity index (χ0v) is 42.2. The summed E-state index contributed by atoms with van der Waals surface area (Å²) >= 11 is 0. The van der Waals surface area contributed by atoms with Crippen molar-refractivity contribution in [2.24, 2.45) is 22.9 Å². The van der Waals surface area contributed by atoms with E-state index in [4.69, 9.17) is 28.9 Å². The van der Waals surface area contributed by atoms with Crippen molar-refractivity contribution < 1.29 is 43.6 Å². The molecule has 0 spiro atoms. The lowest BCUT2D eigenvalue weighted by Crippen LogP contribution is -2.70. The van der Waals surface area contributed by atoms with Crippen LogP contribution in [0.4, 0.5) is 9.59 Å². The number of hydrogen-bond acceptors (Lipinski definition) is 10. The number of aliphatic hydroxyl groups excluding tert-OH is 2. The Labute approximate surface area is 411 Å². The summed E-state index contributed by atoms with van der Waals surface area (Å²) < 4.78 is 26.2. The minimum atomic E-state index is -1.49. The first-order chi connectivity index (χ1) is 33.5. The molecule has 1 aliphatic heterocycles. The molecule has 0 radical (unpaired) electrons. The third kappa shape index (κ3) is 13.9. The van der Waals surface area contributed by atoms with Gasteiger partial charge in [0.1, 0.15) is 23.1 Å². The van der Waals surface area contributed by atoms with Crippen molar-refractivity contribution in [3.63, 3.8) is 0 Å². The molecule has 12 heteroatoms. The lowest BCUT2D eigenvalue weighted by Gasteiger charge is -2.60. The largest absolute Gasteiger partial charge is 0.459 e. The lowest BCUT2D eigenvalue weighted by molar-refractivity contribution is -0.256. The molecule has 69 heavy (non-hydrogen) atoms. The van der Waals surface area contributed by atoms with E-state index in [1.54, 1.807) is 17.0 Å². The van der Waals surface area contributed by atoms with Gasteiger partial charge in [0.25, 0.3) is 0 Å². The first kappa shape index (κ1) is 53.4. The van der Waals surface area contributed by atoms with E-state index in [9.17, 15) is 19.8 Å². The van der Waals surface area contributed by atoms with Crippen molar-refractivity contribution in [2.75, 3.05) is 33.5 Å². The number of unbranched alkanes of at least 4 members (excludes halogenated alkanes) is 11. The lowest BCUT2D eigenvalue weighted by atomic mass is 9.55. The fraction of sp³-hybridized carbons (Fsp3) is 0.596. The number of hydrogen-bond donors (Lipinski definition) is 3. The molecule has 0 saturated heterocycles. The van der Waals surface area contributed by atoms with E-state index >= 15 is 0 Å². The van der Waals surface area contributed by atoms with Crippen LogP contribution in [0.1, 0.15) is 154 Å². The van der Waals surface area contributed by atoms with Crippen LogP contribution < -0.4 is 14.8 Å². The van der Waals surface area contributed by atoms with Crippen LogP contribution in [0.5, 0.6) is 11.5 Å². The van der Waals surface area contributed by atoms with Crippen LogP contribution in [0.2, 0.25) is 0 Å². The van der Waals surface area contributed by atoms with Gasteiger partial charge in [0.15, 0.2) is 0 Å². The second kappa shape index (κ2) is 26.3. The first-order valence-corrected chi connectivity index (χ1v) is 26.0. The van der Waals surface area contributed by atoms with Gasteiger partial charge in [-0.1, -0.05) is 137 Å². The van der Waals surface area contributed by atoms with Gasteiger partial charge >= 0.3 is 12.2 Å². The van der Waals surface area contributed by atoms with E-state index in [0.29, 0.717) is 36.6 Å². The molecule has 1 saturated carbocycles. The zero-order chi connectivity index (χ0) is 49.2. The molecule has 3 aromatic rings.